The van der Waals surface area contributed by atoms with Crippen LogP contribution in [0.5, 0.6) is 0 Å². The van der Waals surface area contributed by atoms with E-state index in [2.05, 4.69) is 41.8 Å². The van der Waals surface area contributed by atoms with E-state index in [4.69, 9.17) is 5.73 Å². The lowest BCUT2D eigenvalue weighted by Gasteiger charge is -2.31. The predicted octanol–water partition coefficient (Wildman–Crippen LogP) is 3.83. The van der Waals surface area contributed by atoms with Crippen LogP contribution >= 0.6 is 15.9 Å². The zero-order valence-electron chi connectivity index (χ0n) is 12.8. The maximum absolute atomic E-state index is 6.10. The van der Waals surface area contributed by atoms with E-state index in [1.54, 1.807) is 0 Å². The highest BCUT2D eigenvalue weighted by molar-refractivity contribution is 9.10. The van der Waals surface area contributed by atoms with E-state index in [0.717, 1.165) is 31.5 Å². The molecule has 0 saturated heterocycles. The van der Waals surface area contributed by atoms with Crippen LogP contribution < -0.4 is 5.73 Å². The first kappa shape index (κ1) is 16.7. The Morgan fingerprint density at radius 1 is 1.32 bits per heavy atom. The van der Waals surface area contributed by atoms with Crippen molar-refractivity contribution in [2.45, 2.75) is 59.3 Å². The molecule has 110 valence electrons. The summed E-state index contributed by atoms with van der Waals surface area (Å²) in [6.07, 6.45) is 6.79. The first-order valence-corrected chi connectivity index (χ1v) is 8.23. The molecule has 1 atom stereocenters. The van der Waals surface area contributed by atoms with Crippen LogP contribution in [0.2, 0.25) is 0 Å². The highest BCUT2D eigenvalue weighted by atomic mass is 79.9. The number of hydrogen-bond donors (Lipinski definition) is 1. The summed E-state index contributed by atoms with van der Waals surface area (Å²) in [6, 6.07) is 0. The number of hydrogen-bond acceptors (Lipinski definition) is 2. The number of nitrogens with zero attached hydrogens (tertiary/aromatic N) is 2. The smallest absolute Gasteiger partial charge is 0.0766 e. The van der Waals surface area contributed by atoms with E-state index in [9.17, 15) is 0 Å². The molecule has 0 aliphatic rings. The van der Waals surface area contributed by atoms with Crippen molar-refractivity contribution < 1.29 is 0 Å². The van der Waals surface area contributed by atoms with Gasteiger partial charge in [-0.2, -0.15) is 5.10 Å². The minimum absolute atomic E-state index is 0.220. The molecule has 19 heavy (non-hydrogen) atoms. The lowest BCUT2D eigenvalue weighted by atomic mass is 9.76. The standard InChI is InChI=1S/C15H28BrN3/c1-5-8-9-15(7-3,11-17)10-13-14(16)12(6-2)18-19(13)4/h5-11,17H2,1-4H3. The Hall–Kier alpha value is -0.350. The third-order valence-electron chi connectivity index (χ3n) is 4.29. The van der Waals surface area contributed by atoms with Gasteiger partial charge in [0.15, 0.2) is 0 Å². The fourth-order valence-corrected chi connectivity index (χ4v) is 3.38. The number of halogens is 1. The van der Waals surface area contributed by atoms with Crippen molar-refractivity contribution in [3.8, 4) is 0 Å². The Labute approximate surface area is 126 Å². The van der Waals surface area contributed by atoms with Gasteiger partial charge in [-0.05, 0) is 53.6 Å². The van der Waals surface area contributed by atoms with Crippen molar-refractivity contribution in [1.82, 2.24) is 9.78 Å². The number of rotatable bonds is 8. The lowest BCUT2D eigenvalue weighted by Crippen LogP contribution is -2.33. The molecule has 1 aromatic heterocycles. The molecular formula is C15H28BrN3. The molecule has 4 heteroatoms. The largest absolute Gasteiger partial charge is 0.330 e. The summed E-state index contributed by atoms with van der Waals surface area (Å²) in [4.78, 5) is 0. The number of unbranched alkanes of at least 4 members (excludes halogenated alkanes) is 1. The molecule has 0 bridgehead atoms. The van der Waals surface area contributed by atoms with E-state index in [0.29, 0.717) is 0 Å². The zero-order chi connectivity index (χ0) is 14.5. The molecule has 0 fully saturated rings. The third kappa shape index (κ3) is 3.82. The molecule has 0 aliphatic carbocycles. The van der Waals surface area contributed by atoms with Gasteiger partial charge in [0, 0.05) is 7.05 Å². The van der Waals surface area contributed by atoms with Crippen molar-refractivity contribution >= 4 is 15.9 Å². The maximum Gasteiger partial charge on any atom is 0.0766 e. The summed E-state index contributed by atoms with van der Waals surface area (Å²) in [5.74, 6) is 0. The van der Waals surface area contributed by atoms with E-state index in [-0.39, 0.29) is 5.41 Å². The molecule has 1 rings (SSSR count). The lowest BCUT2D eigenvalue weighted by molar-refractivity contribution is 0.245. The molecule has 3 nitrogen and oxygen atoms in total. The van der Waals surface area contributed by atoms with Gasteiger partial charge in [-0.1, -0.05) is 33.6 Å². The molecule has 0 aromatic carbocycles. The maximum atomic E-state index is 6.10. The van der Waals surface area contributed by atoms with Gasteiger partial charge in [0.1, 0.15) is 0 Å². The van der Waals surface area contributed by atoms with Gasteiger partial charge in [-0.25, -0.2) is 0 Å². The highest BCUT2D eigenvalue weighted by Crippen LogP contribution is 2.35. The molecule has 2 N–H and O–H groups in total. The van der Waals surface area contributed by atoms with Gasteiger partial charge in [0.05, 0.1) is 15.9 Å². The van der Waals surface area contributed by atoms with Crippen molar-refractivity contribution in [2.24, 2.45) is 18.2 Å². The molecule has 0 amide bonds. The second-order valence-electron chi connectivity index (χ2n) is 5.52. The zero-order valence-corrected chi connectivity index (χ0v) is 14.4. The predicted molar refractivity (Wildman–Crippen MR) is 85.3 cm³/mol. The molecule has 0 radical (unpaired) electrons. The minimum Gasteiger partial charge on any atom is -0.330 e. The van der Waals surface area contributed by atoms with E-state index in [1.807, 2.05) is 11.7 Å². The Balaban J connectivity index is 2.99. The summed E-state index contributed by atoms with van der Waals surface area (Å²) >= 11 is 3.72. The first-order valence-electron chi connectivity index (χ1n) is 7.43. The van der Waals surface area contributed by atoms with Crippen molar-refractivity contribution in [1.29, 1.82) is 0 Å². The van der Waals surface area contributed by atoms with Crippen LogP contribution in [0.4, 0.5) is 0 Å². The SMILES string of the molecule is CCCCC(CC)(CN)Cc1c(Br)c(CC)nn1C. The average molecular weight is 330 g/mol. The fourth-order valence-electron chi connectivity index (χ4n) is 2.63. The first-order chi connectivity index (χ1) is 9.03. The van der Waals surface area contributed by atoms with Crippen molar-refractivity contribution in [2.75, 3.05) is 6.54 Å². The molecule has 0 saturated carbocycles. The Morgan fingerprint density at radius 2 is 2.00 bits per heavy atom. The van der Waals surface area contributed by atoms with Crippen LogP contribution in [-0.4, -0.2) is 16.3 Å². The second kappa shape index (κ2) is 7.44. The van der Waals surface area contributed by atoms with Gasteiger partial charge in [0.25, 0.3) is 0 Å². The van der Waals surface area contributed by atoms with Gasteiger partial charge >= 0.3 is 0 Å². The normalized spacial score (nSPS) is 14.6. The topological polar surface area (TPSA) is 43.8 Å². The summed E-state index contributed by atoms with van der Waals surface area (Å²) < 4.78 is 3.20. The number of aryl methyl sites for hydroxylation is 2. The Kier molecular flexibility index (Phi) is 6.54. The van der Waals surface area contributed by atoms with Crippen LogP contribution in [-0.2, 0) is 19.9 Å². The van der Waals surface area contributed by atoms with Crippen LogP contribution in [0.15, 0.2) is 4.47 Å². The van der Waals surface area contributed by atoms with Gasteiger partial charge in [-0.3, -0.25) is 4.68 Å². The van der Waals surface area contributed by atoms with E-state index < -0.39 is 0 Å². The van der Waals surface area contributed by atoms with Crippen LogP contribution in [0.25, 0.3) is 0 Å². The Bertz CT molecular complexity index is 394. The molecular weight excluding hydrogens is 302 g/mol. The quantitative estimate of drug-likeness (QED) is 0.787. The molecule has 1 unspecified atom stereocenters. The molecule has 1 heterocycles. The summed E-state index contributed by atoms with van der Waals surface area (Å²) in [5.41, 5.74) is 8.76. The van der Waals surface area contributed by atoms with Crippen molar-refractivity contribution in [3.63, 3.8) is 0 Å². The summed E-state index contributed by atoms with van der Waals surface area (Å²) in [6.45, 7) is 7.40. The van der Waals surface area contributed by atoms with Gasteiger partial charge < -0.3 is 5.73 Å². The van der Waals surface area contributed by atoms with Crippen molar-refractivity contribution in [3.05, 3.63) is 15.9 Å². The monoisotopic (exact) mass is 329 g/mol. The number of nitrogens with two attached hydrogens (primary N) is 1. The minimum atomic E-state index is 0.220. The number of aromatic nitrogens is 2. The Morgan fingerprint density at radius 3 is 2.42 bits per heavy atom. The highest BCUT2D eigenvalue weighted by Gasteiger charge is 2.29. The fraction of sp³-hybridized carbons (Fsp3) is 0.800. The van der Waals surface area contributed by atoms with Crippen LogP contribution in [0.1, 0.15) is 57.8 Å². The molecule has 1 aromatic rings. The summed E-state index contributed by atoms with van der Waals surface area (Å²) in [7, 11) is 2.04. The van der Waals surface area contributed by atoms with Gasteiger partial charge in [-0.15, -0.1) is 0 Å². The van der Waals surface area contributed by atoms with Crippen LogP contribution in [0.3, 0.4) is 0 Å². The summed E-state index contributed by atoms with van der Waals surface area (Å²) in [5, 5.41) is 4.59. The third-order valence-corrected chi connectivity index (χ3v) is 5.20. The van der Waals surface area contributed by atoms with Gasteiger partial charge in [0.2, 0.25) is 0 Å². The van der Waals surface area contributed by atoms with E-state index >= 15 is 0 Å². The van der Waals surface area contributed by atoms with Crippen LogP contribution in [0, 0.1) is 5.41 Å². The second-order valence-corrected chi connectivity index (χ2v) is 6.32. The van der Waals surface area contributed by atoms with E-state index in [1.165, 1.54) is 29.4 Å². The molecule has 0 aliphatic heterocycles. The average Bonchev–Trinajstić information content (AvgIpc) is 2.70. The molecule has 0 spiro atoms.